The second kappa shape index (κ2) is 13.4. The van der Waals surface area contributed by atoms with Gasteiger partial charge in [-0.2, -0.15) is 17.0 Å². The molecule has 13 nitrogen and oxygen atoms in total. The molecule has 0 spiro atoms. The van der Waals surface area contributed by atoms with Gasteiger partial charge in [0.1, 0.15) is 10.5 Å². The van der Waals surface area contributed by atoms with E-state index in [1.807, 2.05) is 18.2 Å². The van der Waals surface area contributed by atoms with Gasteiger partial charge in [-0.25, -0.2) is 13.1 Å². The SMILES string of the molecule is COC[C@@H]1CN(S(=O)(=O)C23CC2c2cc(OC)ccc2-c2c(C4CCCCC4)c4ccc(C(=O)NS(=O)(=O)N5CCOCC5)cc4n2C3)CCO1. The zero-order valence-electron chi connectivity index (χ0n) is 29.1. The minimum atomic E-state index is -4.09. The first-order valence-corrected chi connectivity index (χ1v) is 20.8. The molecule has 4 heterocycles. The number of carbonyl (C=O) groups is 1. The van der Waals surface area contributed by atoms with Gasteiger partial charge in [0, 0.05) is 67.8 Å². The number of aromatic nitrogens is 1. The lowest BCUT2D eigenvalue weighted by Crippen LogP contribution is -2.51. The highest BCUT2D eigenvalue weighted by molar-refractivity contribution is 7.91. The van der Waals surface area contributed by atoms with E-state index in [1.165, 1.54) is 16.3 Å². The summed E-state index contributed by atoms with van der Waals surface area (Å²) in [7, 11) is -4.76. The Bertz CT molecular complexity index is 2050. The van der Waals surface area contributed by atoms with Crippen LogP contribution < -0.4 is 9.46 Å². The number of ether oxygens (including phenoxy) is 4. The number of morpholine rings is 2. The van der Waals surface area contributed by atoms with Crippen molar-refractivity contribution in [2.45, 2.75) is 67.8 Å². The lowest BCUT2D eigenvalue weighted by molar-refractivity contribution is -0.0409. The molecule has 8 rings (SSSR count). The van der Waals surface area contributed by atoms with Gasteiger partial charge in [0.05, 0.1) is 45.3 Å². The molecule has 15 heteroatoms. The molecule has 276 valence electrons. The largest absolute Gasteiger partial charge is 0.497 e. The normalized spacial score (nSPS) is 26.2. The fourth-order valence-corrected chi connectivity index (χ4v) is 12.4. The fourth-order valence-electron chi connectivity index (χ4n) is 8.92. The third-order valence-corrected chi connectivity index (χ3v) is 15.7. The van der Waals surface area contributed by atoms with Crippen molar-refractivity contribution in [1.29, 1.82) is 0 Å². The maximum Gasteiger partial charge on any atom is 0.304 e. The summed E-state index contributed by atoms with van der Waals surface area (Å²) < 4.78 is 84.4. The van der Waals surface area contributed by atoms with Crippen LogP contribution in [0.3, 0.4) is 0 Å². The number of methoxy groups -OCH3 is 2. The number of rotatable bonds is 9. The van der Waals surface area contributed by atoms with Crippen LogP contribution in [-0.4, -0.2) is 114 Å². The van der Waals surface area contributed by atoms with Crippen LogP contribution in [0.25, 0.3) is 22.2 Å². The average molecular weight is 743 g/mol. The molecular formula is C36H46N4O9S2. The number of nitrogens with zero attached hydrogens (tertiary/aromatic N) is 3. The standard InChI is InChI=1S/C36H46N4O9S2/c1-46-22-27-21-39(14-17-49-27)50(42,43)36-20-31(36)30-19-26(47-2)9-11-28(30)34-33(24-6-4-3-5-7-24)29-10-8-25(18-32(29)40(34)23-36)35(41)37-51(44,45)38-12-15-48-16-13-38/h8-11,18-19,24,27,31H,3-7,12-17,20-23H2,1-2H3,(H,37,41)/t27-,31?,36?/m0/s1. The lowest BCUT2D eigenvalue weighted by atomic mass is 9.81. The Kier molecular flexibility index (Phi) is 9.21. The second-order valence-corrected chi connectivity index (χ2v) is 18.4. The molecule has 2 saturated heterocycles. The molecule has 51 heavy (non-hydrogen) atoms. The molecule has 2 aliphatic carbocycles. The van der Waals surface area contributed by atoms with E-state index in [-0.39, 0.29) is 76.0 Å². The minimum Gasteiger partial charge on any atom is -0.497 e. The highest BCUT2D eigenvalue weighted by Crippen LogP contribution is 2.64. The monoisotopic (exact) mass is 742 g/mol. The van der Waals surface area contributed by atoms with Crippen molar-refractivity contribution >= 4 is 37.0 Å². The van der Waals surface area contributed by atoms with Gasteiger partial charge in [-0.05, 0) is 66.6 Å². The molecule has 1 amide bonds. The fraction of sp³-hybridized carbons (Fsp3) is 0.583. The van der Waals surface area contributed by atoms with Crippen LogP contribution in [0, 0.1) is 0 Å². The van der Waals surface area contributed by atoms with Gasteiger partial charge < -0.3 is 23.5 Å². The summed E-state index contributed by atoms with van der Waals surface area (Å²) >= 11 is 0. The van der Waals surface area contributed by atoms with Gasteiger partial charge in [-0.15, -0.1) is 0 Å². The van der Waals surface area contributed by atoms with Gasteiger partial charge in [0.15, 0.2) is 0 Å². The minimum absolute atomic E-state index is 0.163. The van der Waals surface area contributed by atoms with Crippen LogP contribution in [0.4, 0.5) is 0 Å². The number of fused-ring (bicyclic) bond motifs is 7. The first kappa shape index (κ1) is 35.0. The molecule has 3 aliphatic heterocycles. The molecule has 0 radical (unpaired) electrons. The average Bonchev–Trinajstić information content (AvgIpc) is 3.83. The van der Waals surface area contributed by atoms with E-state index in [1.54, 1.807) is 30.7 Å². The van der Waals surface area contributed by atoms with E-state index < -0.39 is 30.9 Å². The van der Waals surface area contributed by atoms with Gasteiger partial charge in [-0.1, -0.05) is 25.3 Å². The maximum atomic E-state index is 14.9. The van der Waals surface area contributed by atoms with E-state index in [4.69, 9.17) is 18.9 Å². The molecule has 0 bridgehead atoms. The van der Waals surface area contributed by atoms with Crippen molar-refractivity contribution in [1.82, 2.24) is 17.9 Å². The Morgan fingerprint density at radius 3 is 2.47 bits per heavy atom. The number of amides is 1. The predicted octanol–water partition coefficient (Wildman–Crippen LogP) is 3.59. The molecule has 2 unspecified atom stereocenters. The summed E-state index contributed by atoms with van der Waals surface area (Å²) in [5.74, 6) is -0.0794. The van der Waals surface area contributed by atoms with Crippen LogP contribution in [0.1, 0.15) is 71.8 Å². The smallest absolute Gasteiger partial charge is 0.304 e. The summed E-state index contributed by atoms with van der Waals surface area (Å²) in [6.45, 7) is 2.10. The predicted molar refractivity (Wildman–Crippen MR) is 191 cm³/mol. The van der Waals surface area contributed by atoms with Crippen LogP contribution in [0.2, 0.25) is 0 Å². The zero-order valence-corrected chi connectivity index (χ0v) is 30.8. The Balaban J connectivity index is 1.28. The third kappa shape index (κ3) is 5.98. The Morgan fingerprint density at radius 1 is 0.961 bits per heavy atom. The summed E-state index contributed by atoms with van der Waals surface area (Å²) in [6, 6.07) is 11.3. The third-order valence-electron chi connectivity index (χ3n) is 11.6. The maximum absolute atomic E-state index is 14.9. The summed E-state index contributed by atoms with van der Waals surface area (Å²) in [5, 5.41) is 0.962. The summed E-state index contributed by atoms with van der Waals surface area (Å²) in [6.07, 6.45) is 5.49. The quantitative estimate of drug-likeness (QED) is 0.348. The molecule has 3 atom stereocenters. The van der Waals surface area contributed by atoms with Crippen molar-refractivity contribution in [3.63, 3.8) is 0 Å². The van der Waals surface area contributed by atoms with Gasteiger partial charge in [-0.3, -0.25) is 4.79 Å². The molecule has 1 N–H and O–H groups in total. The molecule has 1 aromatic heterocycles. The lowest BCUT2D eigenvalue weighted by Gasteiger charge is -2.35. The summed E-state index contributed by atoms with van der Waals surface area (Å²) in [4.78, 5) is 13.6. The first-order valence-electron chi connectivity index (χ1n) is 17.9. The summed E-state index contributed by atoms with van der Waals surface area (Å²) in [5.41, 5.74) is 5.00. The van der Waals surface area contributed by atoms with Crippen LogP contribution in [-0.2, 0) is 41.0 Å². The van der Waals surface area contributed by atoms with Crippen LogP contribution >= 0.6 is 0 Å². The van der Waals surface area contributed by atoms with E-state index in [9.17, 15) is 21.6 Å². The van der Waals surface area contributed by atoms with E-state index in [0.29, 0.717) is 18.8 Å². The Labute approximate surface area is 299 Å². The Morgan fingerprint density at radius 2 is 1.73 bits per heavy atom. The van der Waals surface area contributed by atoms with Crippen molar-refractivity contribution in [3.8, 4) is 17.0 Å². The van der Waals surface area contributed by atoms with Crippen LogP contribution in [0.15, 0.2) is 36.4 Å². The zero-order chi connectivity index (χ0) is 35.5. The molecule has 2 aromatic carbocycles. The number of nitrogens with one attached hydrogen (secondary N) is 1. The van der Waals surface area contributed by atoms with Crippen LogP contribution in [0.5, 0.6) is 5.75 Å². The number of hydrogen-bond acceptors (Lipinski definition) is 9. The van der Waals surface area contributed by atoms with E-state index >= 15 is 0 Å². The number of carbonyl (C=O) groups excluding carboxylic acids is 1. The topological polar surface area (TPSA) is 146 Å². The number of sulfonamides is 1. The van der Waals surface area contributed by atoms with Gasteiger partial charge in [0.2, 0.25) is 10.0 Å². The van der Waals surface area contributed by atoms with Gasteiger partial charge >= 0.3 is 10.2 Å². The molecule has 5 aliphatic rings. The van der Waals surface area contributed by atoms with E-state index in [0.717, 1.165) is 53.4 Å². The van der Waals surface area contributed by atoms with Crippen molar-refractivity contribution < 1.29 is 40.6 Å². The Hall–Kier alpha value is -3.05. The van der Waals surface area contributed by atoms with Crippen molar-refractivity contribution in [2.75, 3.05) is 66.8 Å². The van der Waals surface area contributed by atoms with Crippen molar-refractivity contribution in [2.24, 2.45) is 0 Å². The number of benzene rings is 2. The highest BCUT2D eigenvalue weighted by Gasteiger charge is 2.67. The van der Waals surface area contributed by atoms with Gasteiger partial charge in [0.25, 0.3) is 5.91 Å². The molecular weight excluding hydrogens is 697 g/mol. The van der Waals surface area contributed by atoms with Crippen molar-refractivity contribution in [3.05, 3.63) is 53.1 Å². The molecule has 3 aromatic rings. The number of hydrogen-bond donors (Lipinski definition) is 1. The molecule has 2 saturated carbocycles. The second-order valence-electron chi connectivity index (χ2n) is 14.4. The van der Waals surface area contributed by atoms with E-state index in [2.05, 4.69) is 15.4 Å². The first-order chi connectivity index (χ1) is 24.6. The highest BCUT2D eigenvalue weighted by atomic mass is 32.2. The molecule has 4 fully saturated rings.